The lowest BCUT2D eigenvalue weighted by Gasteiger charge is -2.36. The van der Waals surface area contributed by atoms with Gasteiger partial charge in [-0.25, -0.2) is 4.98 Å². The molecule has 0 bridgehead atoms. The molecule has 0 saturated carbocycles. The van der Waals surface area contributed by atoms with Crippen LogP contribution in [-0.2, 0) is 18.4 Å². The third-order valence-electron chi connectivity index (χ3n) is 3.48. The number of nitrogens with zero attached hydrogens (tertiary/aromatic N) is 5. The van der Waals surface area contributed by atoms with Gasteiger partial charge in [0.05, 0.1) is 6.54 Å². The van der Waals surface area contributed by atoms with Gasteiger partial charge in [0.1, 0.15) is 18.2 Å². The second kappa shape index (κ2) is 5.45. The van der Waals surface area contributed by atoms with Crippen LogP contribution >= 0.6 is 0 Å². The average Bonchev–Trinajstić information content (AvgIpc) is 2.75. The maximum Gasteiger partial charge on any atom is 0.320 e. The maximum atomic E-state index is 10.9. The fourth-order valence-electron chi connectivity index (χ4n) is 2.13. The molecule has 18 heavy (non-hydrogen) atoms. The number of piperazine rings is 1. The first kappa shape index (κ1) is 13.0. The predicted octanol–water partition coefficient (Wildman–Crippen LogP) is -0.594. The molecule has 1 unspecified atom stereocenters. The van der Waals surface area contributed by atoms with E-state index in [0.717, 1.165) is 38.5 Å². The van der Waals surface area contributed by atoms with Crippen LogP contribution in [0.1, 0.15) is 12.7 Å². The highest BCUT2D eigenvalue weighted by molar-refractivity contribution is 5.72. The second-order valence-electron chi connectivity index (χ2n) is 4.63. The quantitative estimate of drug-likeness (QED) is 0.773. The van der Waals surface area contributed by atoms with Gasteiger partial charge in [-0.15, -0.1) is 0 Å². The Labute approximate surface area is 106 Å². The summed E-state index contributed by atoms with van der Waals surface area (Å²) in [6.45, 7) is 5.80. The van der Waals surface area contributed by atoms with Gasteiger partial charge in [0.15, 0.2) is 0 Å². The van der Waals surface area contributed by atoms with Crippen molar-refractivity contribution in [2.75, 3.05) is 26.2 Å². The van der Waals surface area contributed by atoms with E-state index in [4.69, 9.17) is 5.11 Å². The number of rotatable bonds is 4. The van der Waals surface area contributed by atoms with Gasteiger partial charge in [0, 0.05) is 33.2 Å². The highest BCUT2D eigenvalue weighted by Crippen LogP contribution is 2.09. The zero-order valence-electron chi connectivity index (χ0n) is 10.8. The minimum atomic E-state index is -0.753. The van der Waals surface area contributed by atoms with Crippen molar-refractivity contribution in [3.8, 4) is 0 Å². The smallest absolute Gasteiger partial charge is 0.320 e. The minimum absolute atomic E-state index is 0.401. The lowest BCUT2D eigenvalue weighted by molar-refractivity contribution is -0.143. The summed E-state index contributed by atoms with van der Waals surface area (Å²) in [5.41, 5.74) is 0. The number of hydrogen-bond donors (Lipinski definition) is 1. The Morgan fingerprint density at radius 2 is 2.11 bits per heavy atom. The van der Waals surface area contributed by atoms with Gasteiger partial charge in [0.2, 0.25) is 0 Å². The van der Waals surface area contributed by atoms with E-state index in [2.05, 4.69) is 15.0 Å². The molecule has 1 atom stereocenters. The number of aryl methyl sites for hydroxylation is 1. The lowest BCUT2D eigenvalue weighted by atomic mass is 10.2. The van der Waals surface area contributed by atoms with E-state index in [0.29, 0.717) is 0 Å². The molecule has 0 spiro atoms. The summed E-state index contributed by atoms with van der Waals surface area (Å²) < 4.78 is 1.77. The lowest BCUT2D eigenvalue weighted by Crippen LogP contribution is -2.51. The van der Waals surface area contributed by atoms with Crippen LogP contribution in [0.25, 0.3) is 0 Å². The molecule has 0 aliphatic carbocycles. The topological polar surface area (TPSA) is 74.5 Å². The van der Waals surface area contributed by atoms with E-state index in [1.807, 2.05) is 11.9 Å². The second-order valence-corrected chi connectivity index (χ2v) is 4.63. The molecule has 1 aromatic rings. The predicted molar refractivity (Wildman–Crippen MR) is 65.0 cm³/mol. The molecule has 0 aromatic carbocycles. The molecule has 1 aliphatic heterocycles. The summed E-state index contributed by atoms with van der Waals surface area (Å²) in [5, 5.41) is 13.0. The van der Waals surface area contributed by atoms with E-state index in [1.165, 1.54) is 0 Å². The van der Waals surface area contributed by atoms with Crippen molar-refractivity contribution in [2.45, 2.75) is 19.5 Å². The zero-order valence-corrected chi connectivity index (χ0v) is 10.8. The molecule has 1 aromatic heterocycles. The van der Waals surface area contributed by atoms with Gasteiger partial charge in [0.25, 0.3) is 0 Å². The monoisotopic (exact) mass is 253 g/mol. The summed E-state index contributed by atoms with van der Waals surface area (Å²) in [6.07, 6.45) is 1.55. The Morgan fingerprint density at radius 3 is 2.61 bits per heavy atom. The Balaban J connectivity index is 1.84. The van der Waals surface area contributed by atoms with E-state index < -0.39 is 12.0 Å². The van der Waals surface area contributed by atoms with Gasteiger partial charge < -0.3 is 5.11 Å². The first-order valence-corrected chi connectivity index (χ1v) is 6.10. The summed E-state index contributed by atoms with van der Waals surface area (Å²) in [5.74, 6) is 0.187. The molecule has 7 nitrogen and oxygen atoms in total. The van der Waals surface area contributed by atoms with Crippen molar-refractivity contribution >= 4 is 5.97 Å². The summed E-state index contributed by atoms with van der Waals surface area (Å²) >= 11 is 0. The zero-order chi connectivity index (χ0) is 13.1. The van der Waals surface area contributed by atoms with Crippen LogP contribution < -0.4 is 0 Å². The third-order valence-corrected chi connectivity index (χ3v) is 3.48. The van der Waals surface area contributed by atoms with E-state index in [-0.39, 0.29) is 0 Å². The van der Waals surface area contributed by atoms with Gasteiger partial charge in [-0.05, 0) is 6.92 Å². The number of hydrogen-bond acceptors (Lipinski definition) is 5. The number of aromatic nitrogens is 3. The molecule has 2 heterocycles. The summed E-state index contributed by atoms with van der Waals surface area (Å²) in [7, 11) is 1.88. The van der Waals surface area contributed by atoms with Crippen molar-refractivity contribution in [1.82, 2.24) is 24.6 Å². The van der Waals surface area contributed by atoms with Crippen molar-refractivity contribution in [1.29, 1.82) is 0 Å². The summed E-state index contributed by atoms with van der Waals surface area (Å²) in [6, 6.07) is -0.401. The number of carboxylic acids is 1. The Kier molecular flexibility index (Phi) is 3.93. The summed E-state index contributed by atoms with van der Waals surface area (Å²) in [4.78, 5) is 19.4. The van der Waals surface area contributed by atoms with E-state index in [9.17, 15) is 4.79 Å². The average molecular weight is 253 g/mol. The molecule has 1 N–H and O–H groups in total. The molecule has 1 fully saturated rings. The molecule has 2 rings (SSSR count). The molecular weight excluding hydrogens is 234 g/mol. The highest BCUT2D eigenvalue weighted by atomic mass is 16.4. The largest absolute Gasteiger partial charge is 0.480 e. The van der Waals surface area contributed by atoms with Crippen LogP contribution in [0.15, 0.2) is 6.33 Å². The molecule has 7 heteroatoms. The van der Waals surface area contributed by atoms with Crippen LogP contribution in [0.3, 0.4) is 0 Å². The minimum Gasteiger partial charge on any atom is -0.480 e. The van der Waals surface area contributed by atoms with Crippen molar-refractivity contribution in [2.24, 2.45) is 7.05 Å². The molecule has 1 aliphatic rings. The standard InChI is InChI=1S/C11H19N5O2/c1-9(11(17)18)16-5-3-15(4-6-16)7-10-12-8-13-14(10)2/h8-9H,3-7H2,1-2H3,(H,17,18). The Hall–Kier alpha value is -1.47. The van der Waals surface area contributed by atoms with Gasteiger partial charge >= 0.3 is 5.97 Å². The fraction of sp³-hybridized carbons (Fsp3) is 0.727. The molecule has 0 amide bonds. The molecule has 1 saturated heterocycles. The van der Waals surface area contributed by atoms with Crippen molar-refractivity contribution in [3.05, 3.63) is 12.2 Å². The van der Waals surface area contributed by atoms with Crippen molar-refractivity contribution in [3.63, 3.8) is 0 Å². The van der Waals surface area contributed by atoms with E-state index >= 15 is 0 Å². The highest BCUT2D eigenvalue weighted by Gasteiger charge is 2.25. The number of aliphatic carboxylic acids is 1. The first-order chi connectivity index (χ1) is 8.58. The normalized spacial score (nSPS) is 19.9. The maximum absolute atomic E-state index is 10.9. The third kappa shape index (κ3) is 2.85. The molecular formula is C11H19N5O2. The van der Waals surface area contributed by atoms with Crippen LogP contribution in [0.5, 0.6) is 0 Å². The van der Waals surface area contributed by atoms with Crippen LogP contribution in [0.4, 0.5) is 0 Å². The van der Waals surface area contributed by atoms with Crippen molar-refractivity contribution < 1.29 is 9.90 Å². The van der Waals surface area contributed by atoms with Gasteiger partial charge in [-0.2, -0.15) is 5.10 Å². The molecule has 100 valence electrons. The van der Waals surface area contributed by atoms with Gasteiger partial charge in [-0.3, -0.25) is 19.3 Å². The Bertz CT molecular complexity index is 411. The van der Waals surface area contributed by atoms with Crippen LogP contribution in [0, 0.1) is 0 Å². The van der Waals surface area contributed by atoms with Crippen LogP contribution in [0.2, 0.25) is 0 Å². The van der Waals surface area contributed by atoms with E-state index in [1.54, 1.807) is 17.9 Å². The Morgan fingerprint density at radius 1 is 1.44 bits per heavy atom. The van der Waals surface area contributed by atoms with Crippen LogP contribution in [-0.4, -0.2) is 67.9 Å². The SMILES string of the molecule is CC(C(=O)O)N1CCN(Cc2ncnn2C)CC1. The van der Waals surface area contributed by atoms with Gasteiger partial charge in [-0.1, -0.05) is 0 Å². The fourth-order valence-corrected chi connectivity index (χ4v) is 2.13. The number of carboxylic acid groups (broad SMARTS) is 1. The number of carbonyl (C=O) groups is 1. The molecule has 0 radical (unpaired) electrons. The first-order valence-electron chi connectivity index (χ1n) is 6.10.